The van der Waals surface area contributed by atoms with Crippen molar-refractivity contribution in [1.82, 2.24) is 4.98 Å². The van der Waals surface area contributed by atoms with Crippen LogP contribution in [0.4, 0.5) is 17.2 Å². The number of nitrogens with zero attached hydrogens (tertiary/aromatic N) is 2. The summed E-state index contributed by atoms with van der Waals surface area (Å²) >= 11 is 5.68. The lowest BCUT2D eigenvalue weighted by atomic mass is 10.1. The Hall–Kier alpha value is -2.40. The van der Waals surface area contributed by atoms with Crippen molar-refractivity contribution < 1.29 is 9.59 Å². The molecule has 1 aromatic heterocycles. The average molecular weight is 288 g/mol. The van der Waals surface area contributed by atoms with Crippen LogP contribution < -0.4 is 10.2 Å². The average Bonchev–Trinajstić information content (AvgIpc) is 2.61. The van der Waals surface area contributed by atoms with E-state index < -0.39 is 0 Å². The van der Waals surface area contributed by atoms with Gasteiger partial charge in [-0.2, -0.15) is 0 Å². The lowest BCUT2D eigenvalue weighted by Gasteiger charge is -2.21. The maximum Gasteiger partial charge on any atom is 0.257 e. The summed E-state index contributed by atoms with van der Waals surface area (Å²) in [6, 6.07) is 10.2. The summed E-state index contributed by atoms with van der Waals surface area (Å²) < 4.78 is 0. The number of amides is 2. The fourth-order valence-electron chi connectivity index (χ4n) is 2.15. The second kappa shape index (κ2) is 4.94. The molecule has 0 unspecified atom stereocenters. The maximum absolute atomic E-state index is 12.2. The summed E-state index contributed by atoms with van der Waals surface area (Å²) in [4.78, 5) is 29.9. The maximum atomic E-state index is 12.2. The summed E-state index contributed by atoms with van der Waals surface area (Å²) in [7, 11) is 0. The SMILES string of the molecule is O=C1Nc2cccnc2N(C(=O)CCl)c2ccccc21. The third-order valence-corrected chi connectivity index (χ3v) is 3.23. The van der Waals surface area contributed by atoms with Gasteiger partial charge >= 0.3 is 0 Å². The molecule has 2 amide bonds. The monoisotopic (exact) mass is 287 g/mol. The van der Waals surface area contributed by atoms with Gasteiger partial charge in [-0.1, -0.05) is 12.1 Å². The molecule has 0 radical (unpaired) electrons. The first-order valence-electron chi connectivity index (χ1n) is 5.96. The Morgan fingerprint density at radius 2 is 2.05 bits per heavy atom. The second-order valence-corrected chi connectivity index (χ2v) is 4.48. The quantitative estimate of drug-likeness (QED) is 0.820. The number of carbonyl (C=O) groups is 2. The highest BCUT2D eigenvalue weighted by atomic mass is 35.5. The van der Waals surface area contributed by atoms with Crippen LogP contribution in [0.3, 0.4) is 0 Å². The molecular formula is C14H10ClN3O2. The topological polar surface area (TPSA) is 62.3 Å². The van der Waals surface area contributed by atoms with Crippen molar-refractivity contribution in [3.05, 3.63) is 48.2 Å². The van der Waals surface area contributed by atoms with E-state index in [1.807, 2.05) is 0 Å². The number of benzene rings is 1. The fraction of sp³-hybridized carbons (Fsp3) is 0.0714. The van der Waals surface area contributed by atoms with Crippen molar-refractivity contribution in [3.63, 3.8) is 0 Å². The van der Waals surface area contributed by atoms with Gasteiger partial charge in [-0.3, -0.25) is 14.5 Å². The number of halogens is 1. The molecule has 0 fully saturated rings. The molecule has 100 valence electrons. The Bertz CT molecular complexity index is 702. The second-order valence-electron chi connectivity index (χ2n) is 4.21. The zero-order valence-electron chi connectivity index (χ0n) is 10.3. The van der Waals surface area contributed by atoms with Crippen LogP contribution in [-0.4, -0.2) is 22.7 Å². The van der Waals surface area contributed by atoms with E-state index in [9.17, 15) is 9.59 Å². The van der Waals surface area contributed by atoms with Crippen LogP contribution in [0.5, 0.6) is 0 Å². The van der Waals surface area contributed by atoms with Crippen LogP contribution in [0.15, 0.2) is 42.6 Å². The molecule has 1 N–H and O–H groups in total. The van der Waals surface area contributed by atoms with Crippen molar-refractivity contribution in [2.45, 2.75) is 0 Å². The molecule has 0 bridgehead atoms. The van der Waals surface area contributed by atoms with E-state index in [1.54, 1.807) is 42.6 Å². The molecule has 0 saturated carbocycles. The van der Waals surface area contributed by atoms with Crippen LogP contribution in [0.2, 0.25) is 0 Å². The molecule has 20 heavy (non-hydrogen) atoms. The Balaban J connectivity index is 2.29. The van der Waals surface area contributed by atoms with Gasteiger partial charge in [0, 0.05) is 6.20 Å². The van der Waals surface area contributed by atoms with E-state index in [2.05, 4.69) is 10.3 Å². The molecule has 1 aliphatic heterocycles. The van der Waals surface area contributed by atoms with E-state index in [1.165, 1.54) is 4.90 Å². The zero-order chi connectivity index (χ0) is 14.1. The smallest absolute Gasteiger partial charge is 0.257 e. The number of fused-ring (bicyclic) bond motifs is 2. The molecule has 3 rings (SSSR count). The van der Waals surface area contributed by atoms with Crippen molar-refractivity contribution >= 4 is 40.6 Å². The van der Waals surface area contributed by atoms with Gasteiger partial charge in [-0.05, 0) is 24.3 Å². The molecule has 2 heterocycles. The summed E-state index contributed by atoms with van der Waals surface area (Å²) in [5, 5.41) is 2.75. The minimum absolute atomic E-state index is 0.196. The molecular weight excluding hydrogens is 278 g/mol. The van der Waals surface area contributed by atoms with Crippen LogP contribution in [0.25, 0.3) is 0 Å². The number of alkyl halides is 1. The highest BCUT2D eigenvalue weighted by Crippen LogP contribution is 2.36. The van der Waals surface area contributed by atoms with Gasteiger partial charge in [0.1, 0.15) is 5.88 Å². The number of rotatable bonds is 1. The lowest BCUT2D eigenvalue weighted by molar-refractivity contribution is -0.115. The van der Waals surface area contributed by atoms with Gasteiger partial charge in [0.05, 0.1) is 16.9 Å². The fourth-order valence-corrected chi connectivity index (χ4v) is 2.27. The van der Waals surface area contributed by atoms with Crippen LogP contribution >= 0.6 is 11.6 Å². The highest BCUT2D eigenvalue weighted by Gasteiger charge is 2.29. The van der Waals surface area contributed by atoms with Crippen molar-refractivity contribution in [1.29, 1.82) is 0 Å². The molecule has 1 aromatic carbocycles. The summed E-state index contributed by atoms with van der Waals surface area (Å²) in [6.45, 7) is 0. The molecule has 2 aromatic rings. The molecule has 0 saturated heterocycles. The minimum atomic E-state index is -0.337. The minimum Gasteiger partial charge on any atom is -0.319 e. The molecule has 1 aliphatic rings. The molecule has 0 aliphatic carbocycles. The predicted octanol–water partition coefficient (Wildman–Crippen LogP) is 2.55. The first-order chi connectivity index (χ1) is 9.72. The van der Waals surface area contributed by atoms with Gasteiger partial charge in [0.25, 0.3) is 5.91 Å². The van der Waals surface area contributed by atoms with E-state index in [-0.39, 0.29) is 17.7 Å². The van der Waals surface area contributed by atoms with Crippen LogP contribution in [-0.2, 0) is 4.79 Å². The number of carbonyl (C=O) groups excluding carboxylic acids is 2. The number of hydrogen-bond acceptors (Lipinski definition) is 3. The summed E-state index contributed by atoms with van der Waals surface area (Å²) in [5.74, 6) is -0.440. The van der Waals surface area contributed by atoms with Crippen molar-refractivity contribution in [3.8, 4) is 0 Å². The van der Waals surface area contributed by atoms with Crippen molar-refractivity contribution in [2.75, 3.05) is 16.1 Å². The van der Waals surface area contributed by atoms with E-state index >= 15 is 0 Å². The summed E-state index contributed by atoms with van der Waals surface area (Å²) in [5.41, 5.74) is 1.37. The van der Waals surface area contributed by atoms with Gasteiger partial charge in [0.2, 0.25) is 5.91 Å². The number of aromatic nitrogens is 1. The summed E-state index contributed by atoms with van der Waals surface area (Å²) in [6.07, 6.45) is 1.56. The number of hydrogen-bond donors (Lipinski definition) is 1. The third-order valence-electron chi connectivity index (χ3n) is 3.00. The molecule has 6 heteroatoms. The van der Waals surface area contributed by atoms with Crippen LogP contribution in [0, 0.1) is 0 Å². The lowest BCUT2D eigenvalue weighted by Crippen LogP contribution is -2.28. The third kappa shape index (κ3) is 1.92. The predicted molar refractivity (Wildman–Crippen MR) is 76.5 cm³/mol. The normalized spacial score (nSPS) is 13.1. The molecule has 5 nitrogen and oxygen atoms in total. The van der Waals surface area contributed by atoms with Gasteiger partial charge in [-0.25, -0.2) is 4.98 Å². The van der Waals surface area contributed by atoms with E-state index in [4.69, 9.17) is 11.6 Å². The van der Waals surface area contributed by atoms with Gasteiger partial charge in [0.15, 0.2) is 5.82 Å². The standard InChI is InChI=1S/C14H10ClN3O2/c15-8-12(19)18-11-6-2-1-4-9(11)14(20)17-10-5-3-7-16-13(10)18/h1-7H,8H2,(H,17,20). The zero-order valence-corrected chi connectivity index (χ0v) is 11.1. The first-order valence-corrected chi connectivity index (χ1v) is 6.50. The van der Waals surface area contributed by atoms with E-state index in [0.29, 0.717) is 22.8 Å². The first kappa shape index (κ1) is 12.6. The van der Waals surface area contributed by atoms with Gasteiger partial charge in [-0.15, -0.1) is 11.6 Å². The Morgan fingerprint density at radius 1 is 1.25 bits per heavy atom. The van der Waals surface area contributed by atoms with E-state index in [0.717, 1.165) is 0 Å². The highest BCUT2D eigenvalue weighted by molar-refractivity contribution is 6.31. The molecule has 0 spiro atoms. The largest absolute Gasteiger partial charge is 0.319 e. The molecule has 0 atom stereocenters. The number of nitrogens with one attached hydrogen (secondary N) is 1. The Kier molecular flexibility index (Phi) is 3.12. The Morgan fingerprint density at radius 3 is 2.85 bits per heavy atom. The Labute approximate surface area is 120 Å². The number of para-hydroxylation sites is 1. The number of pyridine rings is 1. The van der Waals surface area contributed by atoms with Crippen LogP contribution in [0.1, 0.15) is 10.4 Å². The van der Waals surface area contributed by atoms with Crippen molar-refractivity contribution in [2.24, 2.45) is 0 Å². The number of anilines is 3. The van der Waals surface area contributed by atoms with Gasteiger partial charge < -0.3 is 5.32 Å².